The molecule has 0 radical (unpaired) electrons. The van der Waals surface area contributed by atoms with Crippen molar-refractivity contribution in [1.29, 1.82) is 0 Å². The van der Waals surface area contributed by atoms with Gasteiger partial charge in [0.05, 0.1) is 18.6 Å². The van der Waals surface area contributed by atoms with E-state index in [1.165, 1.54) is 0 Å². The van der Waals surface area contributed by atoms with Crippen LogP contribution in [0.25, 0.3) is 22.5 Å². The van der Waals surface area contributed by atoms with Gasteiger partial charge in [0.15, 0.2) is 5.82 Å². The van der Waals surface area contributed by atoms with Crippen LogP contribution in [0.15, 0.2) is 66.7 Å². The number of aromatic amines is 1. The number of esters is 1. The molecule has 2 unspecified atom stereocenters. The minimum Gasteiger partial charge on any atom is -0.463 e. The monoisotopic (exact) mass is 837 g/mol. The van der Waals surface area contributed by atoms with Crippen molar-refractivity contribution in [3.8, 4) is 22.5 Å². The van der Waals surface area contributed by atoms with Crippen molar-refractivity contribution in [2.45, 2.75) is 130 Å². The first-order valence-corrected chi connectivity index (χ1v) is 21.4. The number of benzene rings is 3. The van der Waals surface area contributed by atoms with E-state index in [2.05, 4.69) is 36.4 Å². The molecule has 4 aromatic rings. The van der Waals surface area contributed by atoms with Crippen LogP contribution < -0.4 is 21.3 Å². The Balaban J connectivity index is 1.25. The highest BCUT2D eigenvalue weighted by atomic mass is 16.6. The molecular weight excluding hydrogens is 775 g/mol. The zero-order valence-electron chi connectivity index (χ0n) is 36.8. The molecule has 1 aromatic heterocycles. The van der Waals surface area contributed by atoms with E-state index < -0.39 is 24.0 Å². The van der Waals surface area contributed by atoms with Crippen LogP contribution in [0.3, 0.4) is 0 Å². The molecule has 61 heavy (non-hydrogen) atoms. The van der Waals surface area contributed by atoms with Crippen LogP contribution in [-0.2, 0) is 31.9 Å². The predicted octanol–water partition coefficient (Wildman–Crippen LogP) is 7.26. The summed E-state index contributed by atoms with van der Waals surface area (Å²) in [5.74, 6) is 0.522. The number of anilines is 1. The van der Waals surface area contributed by atoms with E-state index >= 15 is 0 Å². The van der Waals surface area contributed by atoms with Gasteiger partial charge in [0.1, 0.15) is 17.7 Å². The van der Waals surface area contributed by atoms with Crippen LogP contribution in [0.4, 0.5) is 10.5 Å². The minimum absolute atomic E-state index is 0.0389. The number of nitrogens with one attached hydrogen (secondary N) is 5. The summed E-state index contributed by atoms with van der Waals surface area (Å²) in [7, 11) is 0. The fraction of sp³-hybridized carbons (Fsp3) is 0.489. The lowest BCUT2D eigenvalue weighted by Gasteiger charge is -2.33. The smallest absolute Gasteiger partial charge is 0.407 e. The molecule has 0 saturated heterocycles. The Labute approximate surface area is 359 Å². The van der Waals surface area contributed by atoms with Gasteiger partial charge in [0.25, 0.3) is 5.91 Å². The molecule has 2 atom stereocenters. The van der Waals surface area contributed by atoms with Crippen LogP contribution >= 0.6 is 0 Å². The fourth-order valence-corrected chi connectivity index (χ4v) is 7.36. The van der Waals surface area contributed by atoms with Gasteiger partial charge in [-0.15, -0.1) is 0 Å². The van der Waals surface area contributed by atoms with Gasteiger partial charge in [-0.2, -0.15) is 5.10 Å². The van der Waals surface area contributed by atoms with Crippen molar-refractivity contribution in [3.63, 3.8) is 0 Å². The lowest BCUT2D eigenvalue weighted by atomic mass is 9.81. The molecule has 0 spiro atoms. The SMILES string of the molecule is Cc1cc(C(=O)NC(C)C)ccc1-c1ccc(CC(NC(O)C2CCC(CNC(=O)OC(C)(C)C)CC2)C(=O)Nc2ccc(-c3n[nH]c(CCC(=O)OC(C)C)n3)cc2)cc1. The van der Waals surface area contributed by atoms with E-state index in [-0.39, 0.29) is 48.2 Å². The van der Waals surface area contributed by atoms with Crippen molar-refractivity contribution >= 4 is 29.6 Å². The number of hydrogen-bond donors (Lipinski definition) is 6. The summed E-state index contributed by atoms with van der Waals surface area (Å²) in [5.41, 5.74) is 5.20. The zero-order chi connectivity index (χ0) is 44.3. The topological polar surface area (TPSA) is 197 Å². The maximum Gasteiger partial charge on any atom is 0.407 e. The van der Waals surface area contributed by atoms with Crippen molar-refractivity contribution < 1.29 is 33.8 Å². The molecule has 1 heterocycles. The number of aromatic nitrogens is 3. The number of ether oxygens (including phenoxy) is 2. The van der Waals surface area contributed by atoms with E-state index in [4.69, 9.17) is 9.47 Å². The molecule has 3 aromatic carbocycles. The Bertz CT molecular complexity index is 2080. The van der Waals surface area contributed by atoms with Gasteiger partial charge in [-0.3, -0.25) is 24.8 Å². The van der Waals surface area contributed by atoms with Crippen molar-refractivity contribution in [3.05, 3.63) is 89.2 Å². The average Bonchev–Trinajstić information content (AvgIpc) is 3.68. The number of aliphatic hydroxyl groups excluding tert-OH is 1. The van der Waals surface area contributed by atoms with E-state index in [0.29, 0.717) is 42.3 Å². The van der Waals surface area contributed by atoms with E-state index in [9.17, 15) is 24.3 Å². The summed E-state index contributed by atoms with van der Waals surface area (Å²) in [6, 6.07) is 20.1. The van der Waals surface area contributed by atoms with Crippen LogP contribution in [-0.4, -0.2) is 80.7 Å². The molecule has 0 bridgehead atoms. The van der Waals surface area contributed by atoms with Crippen LogP contribution in [0.5, 0.6) is 0 Å². The molecule has 14 heteroatoms. The highest BCUT2D eigenvalue weighted by molar-refractivity contribution is 5.96. The lowest BCUT2D eigenvalue weighted by Crippen LogP contribution is -2.50. The van der Waals surface area contributed by atoms with E-state index in [1.807, 2.05) is 96.1 Å². The summed E-state index contributed by atoms with van der Waals surface area (Å²) < 4.78 is 10.6. The summed E-state index contributed by atoms with van der Waals surface area (Å²) in [6.07, 6.45) is 2.44. The fourth-order valence-electron chi connectivity index (χ4n) is 7.36. The second-order valence-corrected chi connectivity index (χ2v) is 17.6. The van der Waals surface area contributed by atoms with Gasteiger partial charge < -0.3 is 30.5 Å². The largest absolute Gasteiger partial charge is 0.463 e. The Kier molecular flexibility index (Phi) is 16.2. The molecule has 1 aliphatic carbocycles. The number of hydrogen-bond acceptors (Lipinski definition) is 10. The third-order valence-electron chi connectivity index (χ3n) is 10.4. The second kappa shape index (κ2) is 21.3. The van der Waals surface area contributed by atoms with E-state index in [0.717, 1.165) is 53.5 Å². The number of carbonyl (C=O) groups excluding carboxylic acids is 4. The third-order valence-corrected chi connectivity index (χ3v) is 10.4. The number of aliphatic hydroxyl groups is 1. The van der Waals surface area contributed by atoms with Crippen LogP contribution in [0, 0.1) is 18.8 Å². The summed E-state index contributed by atoms with van der Waals surface area (Å²) in [4.78, 5) is 55.3. The maximum absolute atomic E-state index is 14.0. The summed E-state index contributed by atoms with van der Waals surface area (Å²) >= 11 is 0. The first-order chi connectivity index (χ1) is 28.9. The number of alkyl carbamates (subject to hydrolysis) is 1. The van der Waals surface area contributed by atoms with Crippen LogP contribution in [0.2, 0.25) is 0 Å². The molecule has 5 rings (SSSR count). The lowest BCUT2D eigenvalue weighted by molar-refractivity contribution is -0.147. The van der Waals surface area contributed by atoms with Gasteiger partial charge in [-0.05, 0) is 158 Å². The highest BCUT2D eigenvalue weighted by Crippen LogP contribution is 2.31. The maximum atomic E-state index is 14.0. The molecule has 6 N–H and O–H groups in total. The molecule has 1 fully saturated rings. The Morgan fingerprint density at radius 1 is 0.902 bits per heavy atom. The number of rotatable bonds is 17. The van der Waals surface area contributed by atoms with Crippen molar-refractivity contribution in [2.75, 3.05) is 11.9 Å². The summed E-state index contributed by atoms with van der Waals surface area (Å²) in [5, 5.41) is 30.8. The molecule has 3 amide bonds. The van der Waals surface area contributed by atoms with Crippen molar-refractivity contribution in [2.24, 2.45) is 11.8 Å². The first kappa shape index (κ1) is 46.5. The number of nitrogens with zero attached hydrogens (tertiary/aromatic N) is 2. The quantitative estimate of drug-likeness (QED) is 0.0465. The molecule has 14 nitrogen and oxygen atoms in total. The highest BCUT2D eigenvalue weighted by Gasteiger charge is 2.31. The molecule has 328 valence electrons. The molecule has 0 aliphatic heterocycles. The molecule has 1 aliphatic rings. The number of H-pyrrole nitrogens is 1. The van der Waals surface area contributed by atoms with Crippen LogP contribution in [0.1, 0.15) is 108 Å². The number of amides is 3. The molecule has 1 saturated carbocycles. The standard InChI is InChI=1S/C47H63N7O7/c1-28(2)49-44(57)36-19-22-38(30(5)25-36)33-13-9-31(10-14-33)26-39(51-43(56)35-15-11-32(12-16-35)27-48-46(59)61-47(6,7)8)45(58)50-37-20-17-34(18-21-37)42-52-40(53-54-42)23-24-41(55)60-29(3)4/h9-10,13-14,17-22,25,28-29,32,35,39,43,51,56H,11-12,15-16,23-24,26-27H2,1-8H3,(H,48,59)(H,49,57)(H,50,58)(H,52,53,54). The van der Waals surface area contributed by atoms with Gasteiger partial charge in [-0.1, -0.05) is 30.3 Å². The zero-order valence-corrected chi connectivity index (χ0v) is 36.8. The number of carbonyl (C=O) groups is 4. The number of aryl methyl sites for hydroxylation is 2. The minimum atomic E-state index is -0.932. The Morgan fingerprint density at radius 3 is 2.20 bits per heavy atom. The van der Waals surface area contributed by atoms with Gasteiger partial charge in [0, 0.05) is 35.8 Å². The van der Waals surface area contributed by atoms with Gasteiger partial charge in [-0.25, -0.2) is 9.78 Å². The normalized spacial score (nSPS) is 16.4. The average molecular weight is 838 g/mol. The molecular formula is C47H63N7O7. The first-order valence-electron chi connectivity index (χ1n) is 21.4. The Morgan fingerprint density at radius 2 is 1.57 bits per heavy atom. The Hall–Kier alpha value is -5.60. The van der Waals surface area contributed by atoms with E-state index in [1.54, 1.807) is 26.0 Å². The third kappa shape index (κ3) is 14.5. The van der Waals surface area contributed by atoms with Gasteiger partial charge in [0.2, 0.25) is 5.91 Å². The van der Waals surface area contributed by atoms with Gasteiger partial charge >= 0.3 is 12.1 Å². The second-order valence-electron chi connectivity index (χ2n) is 17.6. The summed E-state index contributed by atoms with van der Waals surface area (Å²) in [6.45, 7) is 15.5. The predicted molar refractivity (Wildman–Crippen MR) is 236 cm³/mol. The van der Waals surface area contributed by atoms with Crippen molar-refractivity contribution in [1.82, 2.24) is 31.1 Å².